The van der Waals surface area contributed by atoms with E-state index in [9.17, 15) is 24.6 Å². The van der Waals surface area contributed by atoms with E-state index in [0.29, 0.717) is 25.8 Å². The second kappa shape index (κ2) is 15.8. The minimum Gasteiger partial charge on any atom is -0.508 e. The fraction of sp³-hybridized carbons (Fsp3) is 0.609. The van der Waals surface area contributed by atoms with Crippen molar-refractivity contribution in [2.24, 2.45) is 17.3 Å². The molecule has 322 valence electrons. The Kier molecular flexibility index (Phi) is 10.8. The number of hydrogen-bond acceptors (Lipinski definition) is 12. The van der Waals surface area contributed by atoms with E-state index >= 15 is 4.79 Å². The summed E-state index contributed by atoms with van der Waals surface area (Å²) in [5, 5.41) is 24.9. The molecule has 0 radical (unpaired) electrons. The van der Waals surface area contributed by atoms with Gasteiger partial charge < -0.3 is 39.4 Å². The average Bonchev–Trinajstić information content (AvgIpc) is 4.13. The summed E-state index contributed by atoms with van der Waals surface area (Å²) in [7, 11) is 0. The van der Waals surface area contributed by atoms with E-state index in [4.69, 9.17) is 23.8 Å². The molecule has 0 spiro atoms. The Balaban J connectivity index is 0.986. The molecule has 60 heavy (non-hydrogen) atoms. The zero-order chi connectivity index (χ0) is 42.0. The minimum atomic E-state index is -1.43. The van der Waals surface area contributed by atoms with Gasteiger partial charge in [-0.3, -0.25) is 24.0 Å². The molecule has 7 aliphatic rings. The van der Waals surface area contributed by atoms with E-state index in [2.05, 4.69) is 5.32 Å². The van der Waals surface area contributed by atoms with E-state index in [1.165, 1.54) is 0 Å². The molecule has 8 atom stereocenters. The summed E-state index contributed by atoms with van der Waals surface area (Å²) in [6, 6.07) is 12.4. The molecule has 0 aromatic heterocycles. The van der Waals surface area contributed by atoms with Gasteiger partial charge in [0.1, 0.15) is 47.2 Å². The number of phenols is 1. The number of fused-ring (bicyclic) bond motifs is 4. The average molecular weight is 828 g/mol. The second-order valence-corrected chi connectivity index (χ2v) is 18.8. The topological polar surface area (TPSA) is 173 Å². The molecule has 2 aromatic rings. The number of carbonyl (C=O) groups excluding carboxylic acids is 4. The van der Waals surface area contributed by atoms with Crippen LogP contribution in [0.1, 0.15) is 95.2 Å². The molecular formula is C46H57N3O11. The van der Waals surface area contributed by atoms with Crippen LogP contribution in [0.3, 0.4) is 0 Å². The molecule has 3 saturated carbocycles. The van der Waals surface area contributed by atoms with Crippen molar-refractivity contribution in [1.29, 1.82) is 0 Å². The predicted molar refractivity (Wildman–Crippen MR) is 215 cm³/mol. The smallest absolute Gasteiger partial charge is 0.327 e. The Labute approximate surface area is 350 Å². The van der Waals surface area contributed by atoms with Crippen LogP contribution in [0.4, 0.5) is 0 Å². The van der Waals surface area contributed by atoms with Crippen LogP contribution in [0.15, 0.2) is 54.6 Å². The molecule has 9 rings (SSSR count). The van der Waals surface area contributed by atoms with Crippen LogP contribution in [-0.4, -0.2) is 111 Å². The van der Waals surface area contributed by atoms with Crippen LogP contribution in [0.25, 0.3) is 6.08 Å². The number of esters is 2. The number of ether oxygens (including phenoxy) is 4. The molecule has 4 aliphatic heterocycles. The van der Waals surface area contributed by atoms with E-state index in [1.807, 2.05) is 48.6 Å². The number of allylic oxidation sites excluding steroid dienone is 1. The molecule has 7 fully saturated rings. The number of hydrogen-bond donors (Lipinski definition) is 3. The monoisotopic (exact) mass is 827 g/mol. The fourth-order valence-corrected chi connectivity index (χ4v) is 10.4. The standard InChI is InChI=1S/C46H57N3O11/c1-44(2,3)57-36(52)21-20-32(26-50)47-41(53)33-14-8-22-48(33)43(55)45-24-35-37-38(59-46(58-37,30-16-17-30)31-18-19-31)40(45)60-49(39(45)42(54)56-35)25-28-11-6-9-27(23-28)10-7-13-29-12-4-5-15-34(29)51/h4-7,9-12,15,23,30-33,35,37-40,50-51H,8,13-14,16-22,24-26H2,1-3H3,(H,47,53). The Hall–Kier alpha value is -4.34. The van der Waals surface area contributed by atoms with Crippen molar-refractivity contribution in [3.8, 4) is 5.75 Å². The first kappa shape index (κ1) is 41.0. The maximum absolute atomic E-state index is 15.5. The van der Waals surface area contributed by atoms with Crippen LogP contribution in [0.5, 0.6) is 5.75 Å². The third-order valence-electron chi connectivity index (χ3n) is 13.3. The van der Waals surface area contributed by atoms with Gasteiger partial charge in [0.15, 0.2) is 11.8 Å². The normalized spacial score (nSPS) is 31.2. The number of nitrogens with one attached hydrogen (secondary N) is 1. The van der Waals surface area contributed by atoms with Crippen molar-refractivity contribution >= 4 is 29.8 Å². The molecule has 3 aliphatic carbocycles. The quantitative estimate of drug-likeness (QED) is 0.231. The van der Waals surface area contributed by atoms with Gasteiger partial charge in [0.2, 0.25) is 11.8 Å². The van der Waals surface area contributed by atoms with Gasteiger partial charge in [0, 0.05) is 31.2 Å². The number of amides is 2. The highest BCUT2D eigenvalue weighted by molar-refractivity contribution is 5.96. The molecule has 2 bridgehead atoms. The van der Waals surface area contributed by atoms with Crippen LogP contribution in [0, 0.1) is 17.3 Å². The number of carbonyl (C=O) groups is 4. The number of benzene rings is 2. The molecule has 4 saturated heterocycles. The van der Waals surface area contributed by atoms with E-state index in [-0.39, 0.29) is 49.3 Å². The van der Waals surface area contributed by atoms with Gasteiger partial charge in [0.05, 0.1) is 19.2 Å². The van der Waals surface area contributed by atoms with Crippen molar-refractivity contribution in [3.05, 3.63) is 71.3 Å². The minimum absolute atomic E-state index is 0.00447. The Morgan fingerprint density at radius 2 is 1.77 bits per heavy atom. The number of rotatable bonds is 14. The second-order valence-electron chi connectivity index (χ2n) is 18.8. The maximum Gasteiger partial charge on any atom is 0.327 e. The SMILES string of the molecule is CC(C)(C)OC(=O)CCC(CO)NC(=O)C1CCCN1C(=O)C12CC3OC(=O)C1N(Cc1cccc(C=CCc4ccccc4O)c1)OC2C1OC(C2CC2)(C2CC2)OC31. The van der Waals surface area contributed by atoms with Crippen molar-refractivity contribution in [2.75, 3.05) is 13.2 Å². The highest BCUT2D eigenvalue weighted by Crippen LogP contribution is 2.64. The Bertz CT molecular complexity index is 2010. The molecule has 3 N–H and O–H groups in total. The van der Waals surface area contributed by atoms with Crippen molar-refractivity contribution in [3.63, 3.8) is 0 Å². The highest BCUT2D eigenvalue weighted by atomic mass is 16.8. The molecule has 2 amide bonds. The van der Waals surface area contributed by atoms with E-state index in [0.717, 1.165) is 42.4 Å². The van der Waals surface area contributed by atoms with E-state index in [1.54, 1.807) is 42.9 Å². The highest BCUT2D eigenvalue weighted by Gasteiger charge is 2.78. The third-order valence-corrected chi connectivity index (χ3v) is 13.3. The summed E-state index contributed by atoms with van der Waals surface area (Å²) >= 11 is 0. The lowest BCUT2D eigenvalue weighted by Crippen LogP contribution is -2.70. The number of phenolic OH excluding ortho intramolecular Hbond substituents is 1. The van der Waals surface area contributed by atoms with Crippen LogP contribution in [-0.2, 0) is 55.9 Å². The van der Waals surface area contributed by atoms with Gasteiger partial charge in [-0.1, -0.05) is 54.6 Å². The third kappa shape index (κ3) is 7.63. The van der Waals surface area contributed by atoms with E-state index < -0.39 is 83.8 Å². The number of aromatic hydroxyl groups is 1. The van der Waals surface area contributed by atoms with Gasteiger partial charge in [-0.25, -0.2) is 0 Å². The lowest BCUT2D eigenvalue weighted by molar-refractivity contribution is -0.235. The Morgan fingerprint density at radius 1 is 1.02 bits per heavy atom. The van der Waals surface area contributed by atoms with Crippen LogP contribution < -0.4 is 5.32 Å². The van der Waals surface area contributed by atoms with Gasteiger partial charge in [-0.2, -0.15) is 5.06 Å². The molecule has 14 nitrogen and oxygen atoms in total. The first-order valence-corrected chi connectivity index (χ1v) is 21.8. The number of aliphatic hydroxyl groups is 1. The van der Waals surface area contributed by atoms with Crippen LogP contribution >= 0.6 is 0 Å². The van der Waals surface area contributed by atoms with Crippen LogP contribution in [0.2, 0.25) is 0 Å². The lowest BCUT2D eigenvalue weighted by atomic mass is 9.62. The number of aliphatic hydroxyl groups excluding tert-OH is 1. The summed E-state index contributed by atoms with van der Waals surface area (Å²) in [4.78, 5) is 64.9. The molecule has 8 unspecified atom stereocenters. The first-order chi connectivity index (χ1) is 28.8. The zero-order valence-corrected chi connectivity index (χ0v) is 34.6. The van der Waals surface area contributed by atoms with Gasteiger partial charge >= 0.3 is 11.9 Å². The lowest BCUT2D eigenvalue weighted by Gasteiger charge is -2.50. The summed E-state index contributed by atoms with van der Waals surface area (Å²) in [6.45, 7) is 5.41. The van der Waals surface area contributed by atoms with Crippen molar-refractivity contribution < 1.29 is 53.2 Å². The number of nitrogens with zero attached hydrogens (tertiary/aromatic N) is 2. The molecule has 2 aromatic carbocycles. The summed E-state index contributed by atoms with van der Waals surface area (Å²) < 4.78 is 25.6. The van der Waals surface area contributed by atoms with Crippen molar-refractivity contribution in [2.45, 2.75) is 145 Å². The zero-order valence-electron chi connectivity index (χ0n) is 34.6. The summed E-state index contributed by atoms with van der Waals surface area (Å²) in [5.41, 5.74) is 0.487. The van der Waals surface area contributed by atoms with Gasteiger partial charge in [-0.15, -0.1) is 0 Å². The number of hydroxylamine groups is 2. The summed E-state index contributed by atoms with van der Waals surface area (Å²) in [5.74, 6) is -1.88. The predicted octanol–water partition coefficient (Wildman–Crippen LogP) is 4.34. The Morgan fingerprint density at radius 3 is 2.48 bits per heavy atom. The maximum atomic E-state index is 15.5. The summed E-state index contributed by atoms with van der Waals surface area (Å²) in [6.07, 6.45) is 6.84. The largest absolute Gasteiger partial charge is 0.508 e. The van der Waals surface area contributed by atoms with Gasteiger partial charge in [0.25, 0.3) is 0 Å². The van der Waals surface area contributed by atoms with Gasteiger partial charge in [-0.05, 0) is 94.9 Å². The molecular weight excluding hydrogens is 771 g/mol. The van der Waals surface area contributed by atoms with Crippen molar-refractivity contribution in [1.82, 2.24) is 15.3 Å². The number of likely N-dealkylation sites (tertiary alicyclic amines) is 1. The molecule has 4 heterocycles. The fourth-order valence-electron chi connectivity index (χ4n) is 10.4. The number of para-hydroxylation sites is 1. The first-order valence-electron chi connectivity index (χ1n) is 21.8. The molecule has 14 heteroatoms.